The molecule has 6 bridgehead atoms. The lowest BCUT2D eigenvalue weighted by Crippen LogP contribution is -2.72. The van der Waals surface area contributed by atoms with Gasteiger partial charge in [0.05, 0.1) is 19.2 Å². The van der Waals surface area contributed by atoms with Crippen LogP contribution in [0, 0.1) is 11.8 Å². The summed E-state index contributed by atoms with van der Waals surface area (Å²) in [5.74, 6) is -1.18. The van der Waals surface area contributed by atoms with Gasteiger partial charge in [-0.15, -0.1) is 0 Å². The molecule has 0 spiro atoms. The van der Waals surface area contributed by atoms with Crippen molar-refractivity contribution < 1.29 is 57.5 Å². The van der Waals surface area contributed by atoms with E-state index in [1.165, 1.54) is 24.0 Å². The zero-order chi connectivity index (χ0) is 45.9. The number of hydrogen-bond donors (Lipinski definition) is 3. The van der Waals surface area contributed by atoms with Crippen LogP contribution >= 0.6 is 11.6 Å². The molecule has 16 nitrogen and oxygen atoms in total. The van der Waals surface area contributed by atoms with E-state index >= 15 is 0 Å². The molecule has 1 aliphatic carbocycles. The number of halogens is 1. The molecule has 6 rings (SSSR count). The number of alkyl carbamates (subject to hydrolysis) is 2. The molecule has 4 aliphatic heterocycles. The number of rotatable bonds is 8. The molecule has 4 heterocycles. The first-order chi connectivity index (χ1) is 28.9. The highest BCUT2D eigenvalue weighted by atomic mass is 35.5. The van der Waals surface area contributed by atoms with Crippen LogP contribution in [-0.2, 0) is 44.5 Å². The Morgan fingerprint density at radius 1 is 1.11 bits per heavy atom. The first kappa shape index (κ1) is 48.6. The van der Waals surface area contributed by atoms with E-state index in [1.807, 2.05) is 13.0 Å². The highest BCUT2D eigenvalue weighted by Crippen LogP contribution is 2.50. The SMILES string of the molecule is COc1cc2cc(c1Cl)N(C)C(=O)C[C@H](OC(=O)[C@@H](C)N(C)C(=O)[C@H]1CC[C@H](CNC(=O)OC(C)(C)C)CC1)[C@@]1(C)CC(C)(O1)[C@@H]1C[C@@](O)(NC(=O)O1)[C@H](OC)/C=C/C=C(\C)C2. The number of allylic oxidation sites excluding steroid dienone is 3. The van der Waals surface area contributed by atoms with Gasteiger partial charge >= 0.3 is 18.2 Å². The third kappa shape index (κ3) is 11.2. The van der Waals surface area contributed by atoms with Gasteiger partial charge < -0.3 is 48.6 Å². The largest absolute Gasteiger partial charge is 0.495 e. The van der Waals surface area contributed by atoms with Gasteiger partial charge in [0, 0.05) is 46.5 Å². The number of methoxy groups -OCH3 is 2. The maximum Gasteiger partial charge on any atom is 0.409 e. The van der Waals surface area contributed by atoms with E-state index in [1.54, 1.807) is 79.9 Å². The van der Waals surface area contributed by atoms with Crippen LogP contribution in [0.1, 0.15) is 99.0 Å². The molecule has 0 radical (unpaired) electrons. The van der Waals surface area contributed by atoms with Crippen molar-refractivity contribution in [2.45, 2.75) is 147 Å². The van der Waals surface area contributed by atoms with Crippen molar-refractivity contribution in [1.82, 2.24) is 15.5 Å². The Morgan fingerprint density at radius 2 is 1.77 bits per heavy atom. The number of nitrogens with one attached hydrogen (secondary N) is 2. The summed E-state index contributed by atoms with van der Waals surface area (Å²) < 4.78 is 35.1. The van der Waals surface area contributed by atoms with E-state index in [2.05, 4.69) is 10.6 Å². The van der Waals surface area contributed by atoms with Crippen molar-refractivity contribution in [3.8, 4) is 5.75 Å². The van der Waals surface area contributed by atoms with E-state index in [0.29, 0.717) is 50.1 Å². The number of amides is 4. The molecule has 1 aromatic carbocycles. The van der Waals surface area contributed by atoms with Gasteiger partial charge in [0.15, 0.2) is 5.72 Å². The molecule has 344 valence electrons. The number of ether oxygens (including phenoxy) is 6. The molecule has 0 aromatic heterocycles. The number of aliphatic hydroxyl groups is 1. The van der Waals surface area contributed by atoms with Crippen LogP contribution in [0.3, 0.4) is 0 Å². The van der Waals surface area contributed by atoms with E-state index in [0.717, 1.165) is 11.1 Å². The summed E-state index contributed by atoms with van der Waals surface area (Å²) >= 11 is 6.81. The number of benzene rings is 1. The smallest absolute Gasteiger partial charge is 0.409 e. The second-order valence-electron chi connectivity index (χ2n) is 18.7. The van der Waals surface area contributed by atoms with Crippen LogP contribution in [0.5, 0.6) is 5.75 Å². The Hall–Kier alpha value is -4.38. The van der Waals surface area contributed by atoms with Crippen LogP contribution in [0.15, 0.2) is 35.9 Å². The standard InChI is InChI=1S/C45H65ClN4O12/c1-26-13-12-14-33(58-11)45(56)23-35(60-41(55)48-45)44(7)25-43(6,62-44)34(22-36(51)50(9)31-20-29(19-26)21-32(57-10)37(31)46)59-39(53)27(2)49(8)38(52)30-17-15-28(16-18-30)24-47-40(54)61-42(3,4)5/h12-14,20-21,27-28,30,33-35,56H,15-19,22-25H2,1-11H3,(H,47,54)(H,48,55)/b14-12+,26-13+/t27-,28-,30-,33-,34+,35+,43-,44?,45+/m1/s1. The van der Waals surface area contributed by atoms with E-state index < -0.39 is 70.9 Å². The fourth-order valence-corrected chi connectivity index (χ4v) is 9.24. The van der Waals surface area contributed by atoms with Gasteiger partial charge in [0.1, 0.15) is 51.9 Å². The minimum Gasteiger partial charge on any atom is -0.495 e. The highest BCUT2D eigenvalue weighted by Gasteiger charge is 2.63. The number of nitrogens with zero attached hydrogens (tertiary/aromatic N) is 2. The molecule has 4 amide bonds. The van der Waals surface area contributed by atoms with Crippen molar-refractivity contribution in [2.75, 3.05) is 39.8 Å². The minimum absolute atomic E-state index is 0.112. The van der Waals surface area contributed by atoms with E-state index in [4.69, 9.17) is 40.0 Å². The van der Waals surface area contributed by atoms with E-state index in [-0.39, 0.29) is 42.0 Å². The Balaban J connectivity index is 1.38. The molecule has 62 heavy (non-hydrogen) atoms. The number of hydrogen-bond acceptors (Lipinski definition) is 12. The van der Waals surface area contributed by atoms with Gasteiger partial charge in [-0.05, 0) is 104 Å². The molecule has 1 saturated carbocycles. The maximum absolute atomic E-state index is 14.3. The summed E-state index contributed by atoms with van der Waals surface area (Å²) in [6.45, 7) is 12.8. The van der Waals surface area contributed by atoms with Crippen LogP contribution in [0.25, 0.3) is 0 Å². The number of anilines is 1. The fraction of sp³-hybridized carbons (Fsp3) is 0.667. The van der Waals surface area contributed by atoms with Gasteiger partial charge in [0.2, 0.25) is 11.8 Å². The molecule has 3 fully saturated rings. The number of esters is 1. The van der Waals surface area contributed by atoms with Gasteiger partial charge in [-0.1, -0.05) is 35.4 Å². The third-order valence-corrected chi connectivity index (χ3v) is 12.9. The van der Waals surface area contributed by atoms with Crippen molar-refractivity contribution in [1.29, 1.82) is 0 Å². The predicted molar refractivity (Wildman–Crippen MR) is 231 cm³/mol. The summed E-state index contributed by atoms with van der Waals surface area (Å²) in [5.41, 5.74) is -2.84. The molecular formula is C45H65ClN4O12. The lowest BCUT2D eigenvalue weighted by molar-refractivity contribution is -0.328. The molecule has 2 saturated heterocycles. The number of likely N-dealkylation sites (N-methyl/N-ethyl adjacent to an activating group) is 1. The molecule has 3 N–H and O–H groups in total. The van der Waals surface area contributed by atoms with Crippen molar-refractivity contribution in [3.05, 3.63) is 46.5 Å². The second-order valence-corrected chi connectivity index (χ2v) is 19.1. The first-order valence-electron chi connectivity index (χ1n) is 21.3. The topological polar surface area (TPSA) is 191 Å². The number of fused-ring (bicyclic) bond motifs is 6. The average molecular weight is 889 g/mol. The molecule has 7 atom stereocenters. The Bertz CT molecular complexity index is 1920. The first-order valence-corrected chi connectivity index (χ1v) is 21.6. The number of carbonyl (C=O) groups is 5. The zero-order valence-electron chi connectivity index (χ0n) is 37.9. The van der Waals surface area contributed by atoms with Gasteiger partial charge in [-0.3, -0.25) is 14.9 Å². The van der Waals surface area contributed by atoms with Crippen LogP contribution in [0.4, 0.5) is 15.3 Å². The molecule has 17 heteroatoms. The zero-order valence-corrected chi connectivity index (χ0v) is 38.7. The Kier molecular flexibility index (Phi) is 15.0. The van der Waals surface area contributed by atoms with Gasteiger partial charge in [-0.2, -0.15) is 0 Å². The lowest BCUT2D eigenvalue weighted by Gasteiger charge is -2.59. The van der Waals surface area contributed by atoms with Crippen LogP contribution < -0.4 is 20.3 Å². The second kappa shape index (κ2) is 19.2. The number of carbonyl (C=O) groups excluding carboxylic acids is 5. The molecule has 1 aromatic rings. The van der Waals surface area contributed by atoms with Gasteiger partial charge in [-0.25, -0.2) is 14.4 Å². The third-order valence-electron chi connectivity index (χ3n) is 12.5. The van der Waals surface area contributed by atoms with Crippen LogP contribution in [-0.4, -0.2) is 122 Å². The summed E-state index contributed by atoms with van der Waals surface area (Å²) in [5, 5.41) is 17.4. The summed E-state index contributed by atoms with van der Waals surface area (Å²) in [7, 11) is 6.04. The summed E-state index contributed by atoms with van der Waals surface area (Å²) in [4.78, 5) is 70.1. The normalized spacial score (nSPS) is 32.4. The molecule has 1 unspecified atom stereocenters. The fourth-order valence-electron chi connectivity index (χ4n) is 8.93. The highest BCUT2D eigenvalue weighted by molar-refractivity contribution is 6.35. The molecular weight excluding hydrogens is 824 g/mol. The lowest BCUT2D eigenvalue weighted by atomic mass is 9.72. The predicted octanol–water partition coefficient (Wildman–Crippen LogP) is 5.99. The quantitative estimate of drug-likeness (QED) is 0.205. The maximum atomic E-state index is 14.3. The Labute approximate surface area is 369 Å². The minimum atomic E-state index is -1.87. The monoisotopic (exact) mass is 888 g/mol. The van der Waals surface area contributed by atoms with Gasteiger partial charge in [0.25, 0.3) is 0 Å². The molecule has 5 aliphatic rings. The van der Waals surface area contributed by atoms with Crippen LogP contribution in [0.2, 0.25) is 5.02 Å². The van der Waals surface area contributed by atoms with Crippen molar-refractivity contribution in [3.63, 3.8) is 0 Å². The van der Waals surface area contributed by atoms with Crippen molar-refractivity contribution >= 4 is 47.3 Å². The average Bonchev–Trinajstić information content (AvgIpc) is 3.18. The Morgan fingerprint density at radius 3 is 2.39 bits per heavy atom. The summed E-state index contributed by atoms with van der Waals surface area (Å²) in [6, 6.07) is 2.55. The van der Waals surface area contributed by atoms with Crippen molar-refractivity contribution in [2.24, 2.45) is 11.8 Å². The van der Waals surface area contributed by atoms with E-state index in [9.17, 15) is 29.1 Å². The summed E-state index contributed by atoms with van der Waals surface area (Å²) in [6.07, 6.45) is 3.51.